The van der Waals surface area contributed by atoms with Crippen LogP contribution in [-0.2, 0) is 23.2 Å². The fraction of sp³-hybridized carbons (Fsp3) is 0.200. The van der Waals surface area contributed by atoms with Crippen LogP contribution >= 0.6 is 0 Å². The van der Waals surface area contributed by atoms with Crippen LogP contribution in [0, 0.1) is 6.92 Å². The lowest BCUT2D eigenvalue weighted by Gasteiger charge is -2.09. The van der Waals surface area contributed by atoms with Crippen LogP contribution in [0.4, 0.5) is 13.2 Å². The minimum Gasteiger partial charge on any atom is -0.285 e. The van der Waals surface area contributed by atoms with Gasteiger partial charge in [-0.1, -0.05) is 0 Å². The van der Waals surface area contributed by atoms with Crippen molar-refractivity contribution in [3.05, 3.63) is 46.8 Å². The largest absolute Gasteiger partial charge is 0.417 e. The molecule has 2 N–H and O–H groups in total. The molecule has 0 aromatic carbocycles. The van der Waals surface area contributed by atoms with Gasteiger partial charge >= 0.3 is 6.18 Å². The summed E-state index contributed by atoms with van der Waals surface area (Å²) in [5.41, 5.74) is 0.418. The summed E-state index contributed by atoms with van der Waals surface area (Å²) in [6.07, 6.45) is -0.900. The van der Waals surface area contributed by atoms with Crippen LogP contribution in [0.2, 0.25) is 0 Å². The molecule has 11 heteroatoms. The molecule has 0 atom stereocenters. The minimum absolute atomic E-state index is 0.284. The van der Waals surface area contributed by atoms with Gasteiger partial charge in [0.2, 0.25) is 10.0 Å². The molecule has 0 unspecified atom stereocenters. The highest BCUT2D eigenvalue weighted by Crippen LogP contribution is 2.32. The van der Waals surface area contributed by atoms with Gasteiger partial charge in [0.1, 0.15) is 11.5 Å². The second-order valence-electron chi connectivity index (χ2n) is 5.66. The number of halogens is 3. The molecule has 0 aliphatic heterocycles. The van der Waals surface area contributed by atoms with E-state index in [4.69, 9.17) is 5.14 Å². The molecular formula is C15H14F3N5O2S. The smallest absolute Gasteiger partial charge is 0.285 e. The van der Waals surface area contributed by atoms with Crippen molar-refractivity contribution in [3.63, 3.8) is 0 Å². The fourth-order valence-corrected chi connectivity index (χ4v) is 2.98. The van der Waals surface area contributed by atoms with Crippen molar-refractivity contribution in [2.45, 2.75) is 13.1 Å². The Bertz CT molecular complexity index is 1130. The third-order valence-corrected chi connectivity index (χ3v) is 4.26. The average Bonchev–Trinajstić information content (AvgIpc) is 3.03. The van der Waals surface area contributed by atoms with Crippen molar-refractivity contribution in [2.24, 2.45) is 12.2 Å². The second kappa shape index (κ2) is 5.95. The summed E-state index contributed by atoms with van der Waals surface area (Å²) in [5.74, 6) is 0.449. The first-order chi connectivity index (χ1) is 12.0. The Morgan fingerprint density at radius 1 is 1.31 bits per heavy atom. The van der Waals surface area contributed by atoms with E-state index in [0.29, 0.717) is 22.5 Å². The third kappa shape index (κ3) is 3.35. The van der Waals surface area contributed by atoms with Crippen LogP contribution in [-0.4, -0.2) is 27.7 Å². The summed E-state index contributed by atoms with van der Waals surface area (Å²) < 4.78 is 64.0. The topological polar surface area (TPSA) is 95.8 Å². The summed E-state index contributed by atoms with van der Waals surface area (Å²) in [6.45, 7) is 1.67. The van der Waals surface area contributed by atoms with E-state index in [1.165, 1.54) is 21.4 Å². The molecule has 0 spiro atoms. The molecule has 0 radical (unpaired) electrons. The fourth-order valence-electron chi connectivity index (χ4n) is 2.66. The molecule has 138 valence electrons. The normalized spacial score (nSPS) is 13.2. The summed E-state index contributed by atoms with van der Waals surface area (Å²) in [6, 6.07) is 2.50. The van der Waals surface area contributed by atoms with Crippen molar-refractivity contribution >= 4 is 27.1 Å². The summed E-state index contributed by atoms with van der Waals surface area (Å²) >= 11 is 0. The Labute approximate surface area is 146 Å². The lowest BCUT2D eigenvalue weighted by Crippen LogP contribution is -2.08. The maximum Gasteiger partial charge on any atom is 0.417 e. The molecular weight excluding hydrogens is 371 g/mol. The number of fused-ring (bicyclic) bond motifs is 1. The molecule has 0 aliphatic carbocycles. The van der Waals surface area contributed by atoms with E-state index in [0.717, 1.165) is 17.7 Å². The van der Waals surface area contributed by atoms with E-state index in [2.05, 4.69) is 10.1 Å². The van der Waals surface area contributed by atoms with Crippen LogP contribution in [0.5, 0.6) is 0 Å². The molecule has 0 bridgehead atoms. The highest BCUT2D eigenvalue weighted by molar-refractivity contribution is 7.92. The van der Waals surface area contributed by atoms with Gasteiger partial charge in [0.05, 0.1) is 11.3 Å². The van der Waals surface area contributed by atoms with E-state index in [9.17, 15) is 21.6 Å². The first-order valence-electron chi connectivity index (χ1n) is 7.26. The summed E-state index contributed by atoms with van der Waals surface area (Å²) in [5, 5.41) is 10.3. The highest BCUT2D eigenvalue weighted by atomic mass is 32.2. The lowest BCUT2D eigenvalue weighted by molar-refractivity contribution is -0.137. The second-order valence-corrected chi connectivity index (χ2v) is 7.11. The molecule has 0 saturated heterocycles. The monoisotopic (exact) mass is 385 g/mol. The zero-order valence-corrected chi connectivity index (χ0v) is 14.5. The number of rotatable bonds is 3. The Morgan fingerprint density at radius 3 is 2.62 bits per heavy atom. The maximum atomic E-state index is 12.9. The number of aromatic nitrogens is 4. The molecule has 3 aromatic heterocycles. The zero-order chi connectivity index (χ0) is 19.3. The van der Waals surface area contributed by atoms with E-state index in [1.54, 1.807) is 20.2 Å². The van der Waals surface area contributed by atoms with Gasteiger partial charge in [0.25, 0.3) is 0 Å². The first kappa shape index (κ1) is 18.1. The van der Waals surface area contributed by atoms with Crippen molar-refractivity contribution < 1.29 is 21.6 Å². The first-order valence-corrected chi connectivity index (χ1v) is 8.87. The lowest BCUT2D eigenvalue weighted by atomic mass is 10.2. The number of aryl methyl sites for hydroxylation is 2. The van der Waals surface area contributed by atoms with Crippen molar-refractivity contribution in [1.29, 1.82) is 0 Å². The number of hydrogen-bond acceptors (Lipinski definition) is 4. The molecule has 3 aromatic rings. The van der Waals surface area contributed by atoms with Gasteiger partial charge in [-0.05, 0) is 25.1 Å². The molecule has 26 heavy (non-hydrogen) atoms. The van der Waals surface area contributed by atoms with Crippen LogP contribution in [0.25, 0.3) is 22.9 Å². The van der Waals surface area contributed by atoms with Crippen LogP contribution in [0.3, 0.4) is 0 Å². The Morgan fingerprint density at radius 2 is 2.00 bits per heavy atom. The van der Waals surface area contributed by atoms with Gasteiger partial charge in [0, 0.05) is 35.8 Å². The van der Waals surface area contributed by atoms with E-state index >= 15 is 0 Å². The van der Waals surface area contributed by atoms with Crippen molar-refractivity contribution in [2.75, 3.05) is 0 Å². The van der Waals surface area contributed by atoms with Crippen molar-refractivity contribution in [3.8, 4) is 5.82 Å². The van der Waals surface area contributed by atoms with Crippen LogP contribution < -0.4 is 5.14 Å². The molecule has 0 fully saturated rings. The maximum absolute atomic E-state index is 12.9. The number of primary sulfonamides is 1. The molecule has 0 saturated carbocycles. The van der Waals surface area contributed by atoms with E-state index in [1.807, 2.05) is 0 Å². The Balaban J connectivity index is 2.20. The Hall–Kier alpha value is -2.66. The average molecular weight is 385 g/mol. The predicted octanol–water partition coefficient (Wildman–Crippen LogP) is 2.35. The molecule has 3 heterocycles. The van der Waals surface area contributed by atoms with Gasteiger partial charge in [0.15, 0.2) is 0 Å². The van der Waals surface area contributed by atoms with Crippen LogP contribution in [0.15, 0.2) is 29.9 Å². The van der Waals surface area contributed by atoms with Gasteiger partial charge in [-0.3, -0.25) is 9.25 Å². The van der Waals surface area contributed by atoms with Gasteiger partial charge in [-0.25, -0.2) is 18.5 Å². The number of pyridine rings is 1. The van der Waals surface area contributed by atoms with Crippen molar-refractivity contribution in [1.82, 2.24) is 19.3 Å². The van der Waals surface area contributed by atoms with E-state index in [-0.39, 0.29) is 5.65 Å². The van der Waals surface area contributed by atoms with Crippen LogP contribution in [0.1, 0.15) is 16.8 Å². The quantitative estimate of drug-likeness (QED) is 0.749. The number of hydrogen-bond donors (Lipinski definition) is 1. The highest BCUT2D eigenvalue weighted by Gasteiger charge is 2.31. The van der Waals surface area contributed by atoms with Gasteiger partial charge in [-0.15, -0.1) is 0 Å². The zero-order valence-electron chi connectivity index (χ0n) is 13.7. The number of sulfonamides is 1. The van der Waals surface area contributed by atoms with Gasteiger partial charge in [-0.2, -0.15) is 18.3 Å². The number of nitrogens with zero attached hydrogens (tertiary/aromatic N) is 4. The predicted molar refractivity (Wildman–Crippen MR) is 89.7 cm³/mol. The Kier molecular flexibility index (Phi) is 4.15. The standard InChI is InChI=1S/C15H14F3N5O2S/c1-9-12(4-6-26(19,24)25)14(22(2)21-9)23-5-3-10-7-11(15(16,17)18)8-20-13(10)23/h3-8H,1-2H3,(H2,19,24,25)/b6-4+. The molecule has 3 rings (SSSR count). The van der Waals surface area contributed by atoms with Gasteiger partial charge < -0.3 is 0 Å². The van der Waals surface area contributed by atoms with E-state index < -0.39 is 21.8 Å². The summed E-state index contributed by atoms with van der Waals surface area (Å²) in [7, 11) is -2.22. The number of alkyl halides is 3. The molecule has 0 aliphatic rings. The molecule has 7 nitrogen and oxygen atoms in total. The SMILES string of the molecule is Cc1nn(C)c(-n2ccc3cc(C(F)(F)F)cnc32)c1/C=C/S(N)(=O)=O. The summed E-state index contributed by atoms with van der Waals surface area (Å²) in [4.78, 5) is 3.92. The third-order valence-electron chi connectivity index (χ3n) is 3.74. The molecule has 0 amide bonds. The number of nitrogens with two attached hydrogens (primary N) is 1. The minimum atomic E-state index is -4.49.